The molecule has 1 aromatic carbocycles. The number of nitrogens with zero attached hydrogens (tertiary/aromatic N) is 3. The van der Waals surface area contributed by atoms with Crippen molar-refractivity contribution < 1.29 is 35.9 Å². The maximum absolute atomic E-state index is 13.2. The van der Waals surface area contributed by atoms with E-state index in [1.165, 1.54) is 15.9 Å². The number of amides is 3. The van der Waals surface area contributed by atoms with Crippen molar-refractivity contribution in [2.24, 2.45) is 0 Å². The highest BCUT2D eigenvalue weighted by Gasteiger charge is 2.36. The first-order chi connectivity index (χ1) is 15.0. The first kappa shape index (κ1) is 23.4. The highest BCUT2D eigenvalue weighted by molar-refractivity contribution is 5.95. The van der Waals surface area contributed by atoms with Gasteiger partial charge in [0.15, 0.2) is 0 Å². The average Bonchev–Trinajstić information content (AvgIpc) is 2.98. The summed E-state index contributed by atoms with van der Waals surface area (Å²) >= 11 is 0. The third kappa shape index (κ3) is 5.48. The predicted molar refractivity (Wildman–Crippen MR) is 102 cm³/mol. The van der Waals surface area contributed by atoms with Crippen molar-refractivity contribution in [2.45, 2.75) is 18.8 Å². The van der Waals surface area contributed by atoms with E-state index in [0.717, 1.165) is 36.7 Å². The quantitative estimate of drug-likeness (QED) is 0.672. The van der Waals surface area contributed by atoms with E-state index in [2.05, 4.69) is 10.3 Å². The van der Waals surface area contributed by atoms with Gasteiger partial charge in [-0.05, 0) is 30.7 Å². The van der Waals surface area contributed by atoms with Gasteiger partial charge in [0.1, 0.15) is 0 Å². The van der Waals surface area contributed by atoms with Crippen molar-refractivity contribution in [2.75, 3.05) is 31.5 Å². The van der Waals surface area contributed by atoms with Gasteiger partial charge >= 0.3 is 18.4 Å². The smallest absolute Gasteiger partial charge is 0.337 e. The molecule has 0 aliphatic carbocycles. The van der Waals surface area contributed by atoms with Crippen LogP contribution in [0.3, 0.4) is 0 Å². The van der Waals surface area contributed by atoms with Gasteiger partial charge in [0.05, 0.1) is 16.7 Å². The Morgan fingerprint density at radius 1 is 0.906 bits per heavy atom. The summed E-state index contributed by atoms with van der Waals surface area (Å²) in [6, 6.07) is 4.19. The van der Waals surface area contributed by atoms with Gasteiger partial charge in [0, 0.05) is 44.3 Å². The van der Waals surface area contributed by atoms with Crippen molar-refractivity contribution >= 4 is 17.6 Å². The predicted octanol–water partition coefficient (Wildman–Crippen LogP) is 4.50. The number of rotatable bonds is 2. The van der Waals surface area contributed by atoms with Crippen molar-refractivity contribution in [3.05, 3.63) is 59.4 Å². The number of alkyl halides is 6. The zero-order valence-electron chi connectivity index (χ0n) is 16.5. The molecule has 172 valence electrons. The monoisotopic (exact) mass is 460 g/mol. The molecule has 0 spiro atoms. The van der Waals surface area contributed by atoms with Crippen LogP contribution >= 0.6 is 0 Å². The Kier molecular flexibility index (Phi) is 6.60. The number of aromatic nitrogens is 1. The average molecular weight is 460 g/mol. The number of benzene rings is 1. The van der Waals surface area contributed by atoms with Gasteiger partial charge in [-0.15, -0.1) is 0 Å². The minimum absolute atomic E-state index is 0.00184. The summed E-state index contributed by atoms with van der Waals surface area (Å²) in [4.78, 5) is 31.3. The van der Waals surface area contributed by atoms with Crippen LogP contribution in [0.2, 0.25) is 0 Å². The lowest BCUT2D eigenvalue weighted by Crippen LogP contribution is -2.39. The van der Waals surface area contributed by atoms with Crippen LogP contribution in [0.4, 0.5) is 36.8 Å². The fourth-order valence-corrected chi connectivity index (χ4v) is 3.28. The first-order valence-corrected chi connectivity index (χ1v) is 9.50. The van der Waals surface area contributed by atoms with E-state index in [1.54, 1.807) is 0 Å². The molecule has 3 rings (SSSR count). The standard InChI is InChI=1S/C20H18F6N4O2/c21-19(22,23)13-3-1-4-14(11-13)28-18(32)30-8-2-7-29(9-10-30)17(31)15-12-27-6-5-16(15)20(24,25)26/h1,3-6,11-12H,2,7-10H2,(H,28,32). The number of urea groups is 1. The highest BCUT2D eigenvalue weighted by atomic mass is 19.4. The fraction of sp³-hybridized carbons (Fsp3) is 0.350. The topological polar surface area (TPSA) is 65.5 Å². The van der Waals surface area contributed by atoms with E-state index in [-0.39, 0.29) is 38.3 Å². The van der Waals surface area contributed by atoms with E-state index < -0.39 is 41.0 Å². The molecule has 1 aromatic heterocycles. The van der Waals surface area contributed by atoms with E-state index >= 15 is 0 Å². The number of halogens is 6. The van der Waals surface area contributed by atoms with Crippen LogP contribution in [0.25, 0.3) is 0 Å². The molecule has 12 heteroatoms. The Bertz CT molecular complexity index is 993. The van der Waals surface area contributed by atoms with Gasteiger partial charge in [-0.2, -0.15) is 26.3 Å². The second kappa shape index (κ2) is 9.05. The van der Waals surface area contributed by atoms with Crippen LogP contribution in [0, 0.1) is 0 Å². The van der Waals surface area contributed by atoms with E-state index in [9.17, 15) is 35.9 Å². The summed E-state index contributed by atoms with van der Waals surface area (Å²) in [5, 5.41) is 2.38. The summed E-state index contributed by atoms with van der Waals surface area (Å²) in [6.45, 7) is 0.241. The van der Waals surface area contributed by atoms with E-state index in [1.807, 2.05) is 0 Å². The maximum atomic E-state index is 13.2. The zero-order chi connectivity index (χ0) is 23.5. The molecule has 1 aliphatic heterocycles. The fourth-order valence-electron chi connectivity index (χ4n) is 3.28. The Morgan fingerprint density at radius 3 is 2.28 bits per heavy atom. The van der Waals surface area contributed by atoms with Gasteiger partial charge < -0.3 is 15.1 Å². The molecule has 1 saturated heterocycles. The third-order valence-corrected chi connectivity index (χ3v) is 4.87. The lowest BCUT2D eigenvalue weighted by Gasteiger charge is -2.23. The number of pyridine rings is 1. The molecule has 0 bridgehead atoms. The Hall–Kier alpha value is -3.31. The van der Waals surface area contributed by atoms with Crippen LogP contribution in [0.15, 0.2) is 42.7 Å². The highest BCUT2D eigenvalue weighted by Crippen LogP contribution is 2.32. The number of hydrogen-bond acceptors (Lipinski definition) is 3. The Morgan fingerprint density at radius 2 is 1.59 bits per heavy atom. The normalized spacial score (nSPS) is 15.3. The molecular weight excluding hydrogens is 442 g/mol. The lowest BCUT2D eigenvalue weighted by atomic mass is 10.1. The second-order valence-corrected chi connectivity index (χ2v) is 7.06. The molecule has 0 unspecified atom stereocenters. The van der Waals surface area contributed by atoms with Crippen molar-refractivity contribution in [3.8, 4) is 0 Å². The Labute approximate surface area is 178 Å². The molecule has 3 amide bonds. The summed E-state index contributed by atoms with van der Waals surface area (Å²) < 4.78 is 78.1. The lowest BCUT2D eigenvalue weighted by molar-refractivity contribution is -0.138. The summed E-state index contributed by atoms with van der Waals surface area (Å²) in [7, 11) is 0. The molecule has 2 heterocycles. The SMILES string of the molecule is O=C(Nc1cccc(C(F)(F)F)c1)N1CCCN(C(=O)c2cnccc2C(F)(F)F)CC1. The molecular formula is C20H18F6N4O2. The summed E-state index contributed by atoms with van der Waals surface area (Å²) in [5.74, 6) is -0.856. The number of anilines is 1. The second-order valence-electron chi connectivity index (χ2n) is 7.06. The van der Waals surface area contributed by atoms with Crippen molar-refractivity contribution in [3.63, 3.8) is 0 Å². The third-order valence-electron chi connectivity index (χ3n) is 4.87. The molecule has 1 aliphatic rings. The van der Waals surface area contributed by atoms with Crippen LogP contribution in [-0.2, 0) is 12.4 Å². The van der Waals surface area contributed by atoms with Crippen LogP contribution in [-0.4, -0.2) is 52.9 Å². The van der Waals surface area contributed by atoms with Crippen LogP contribution in [0.5, 0.6) is 0 Å². The maximum Gasteiger partial charge on any atom is 0.417 e. The Balaban J connectivity index is 1.67. The van der Waals surface area contributed by atoms with Crippen molar-refractivity contribution in [1.29, 1.82) is 0 Å². The minimum atomic E-state index is -4.73. The molecule has 0 saturated carbocycles. The molecule has 32 heavy (non-hydrogen) atoms. The van der Waals surface area contributed by atoms with Crippen molar-refractivity contribution in [1.82, 2.24) is 14.8 Å². The minimum Gasteiger partial charge on any atom is -0.337 e. The molecule has 0 radical (unpaired) electrons. The summed E-state index contributed by atoms with van der Waals surface area (Å²) in [6.07, 6.45) is -7.21. The number of carbonyl (C=O) groups is 2. The van der Waals surface area contributed by atoms with E-state index in [4.69, 9.17) is 0 Å². The van der Waals surface area contributed by atoms with Gasteiger partial charge in [-0.1, -0.05) is 6.07 Å². The van der Waals surface area contributed by atoms with Gasteiger partial charge in [0.25, 0.3) is 5.91 Å². The molecule has 1 fully saturated rings. The van der Waals surface area contributed by atoms with Gasteiger partial charge in [-0.25, -0.2) is 4.79 Å². The molecule has 2 aromatic rings. The number of carbonyl (C=O) groups excluding carboxylic acids is 2. The molecule has 1 N–H and O–H groups in total. The zero-order valence-corrected chi connectivity index (χ0v) is 16.5. The largest absolute Gasteiger partial charge is 0.417 e. The van der Waals surface area contributed by atoms with Gasteiger partial charge in [0.2, 0.25) is 0 Å². The number of hydrogen-bond donors (Lipinski definition) is 1. The van der Waals surface area contributed by atoms with E-state index in [0.29, 0.717) is 0 Å². The number of nitrogens with one attached hydrogen (secondary N) is 1. The van der Waals surface area contributed by atoms with Crippen LogP contribution < -0.4 is 5.32 Å². The van der Waals surface area contributed by atoms with Crippen LogP contribution in [0.1, 0.15) is 27.9 Å². The molecule has 0 atom stereocenters. The van der Waals surface area contributed by atoms with Gasteiger partial charge in [-0.3, -0.25) is 9.78 Å². The molecule has 6 nitrogen and oxygen atoms in total. The summed E-state index contributed by atoms with van der Waals surface area (Å²) in [5.41, 5.74) is -2.64. The first-order valence-electron chi connectivity index (χ1n) is 9.50.